The number of nitrogens with two attached hydrogens (primary N) is 1. The van der Waals surface area contributed by atoms with E-state index in [9.17, 15) is 0 Å². The van der Waals surface area contributed by atoms with Gasteiger partial charge in [0.05, 0.1) is 0 Å². The zero-order valence-corrected chi connectivity index (χ0v) is 10.2. The molecule has 15 heavy (non-hydrogen) atoms. The number of rotatable bonds is 5. The Balaban J connectivity index is 1.65. The van der Waals surface area contributed by atoms with Gasteiger partial charge in [-0.15, -0.1) is 0 Å². The fourth-order valence-corrected chi connectivity index (χ4v) is 2.75. The summed E-state index contributed by atoms with van der Waals surface area (Å²) in [5, 5.41) is 0. The molecule has 2 aliphatic rings. The fraction of sp³-hybridized carbons (Fsp3) is 1.00. The summed E-state index contributed by atoms with van der Waals surface area (Å²) in [6.07, 6.45) is 10.7. The topological polar surface area (TPSA) is 29.3 Å². The van der Waals surface area contributed by atoms with Gasteiger partial charge < -0.3 is 10.6 Å². The molecular formula is C13H26N2. The molecule has 0 spiro atoms. The lowest BCUT2D eigenvalue weighted by Gasteiger charge is -2.34. The fourth-order valence-electron chi connectivity index (χ4n) is 2.75. The summed E-state index contributed by atoms with van der Waals surface area (Å²) in [5.41, 5.74) is 6.60. The molecule has 2 N–H and O–H groups in total. The van der Waals surface area contributed by atoms with Gasteiger partial charge in [0.15, 0.2) is 0 Å². The van der Waals surface area contributed by atoms with Crippen LogP contribution < -0.4 is 5.73 Å². The van der Waals surface area contributed by atoms with Crippen LogP contribution in [-0.2, 0) is 0 Å². The van der Waals surface area contributed by atoms with E-state index in [-0.39, 0.29) is 5.54 Å². The lowest BCUT2D eigenvalue weighted by atomic mass is 9.80. The highest BCUT2D eigenvalue weighted by Crippen LogP contribution is 2.31. The third-order valence-corrected chi connectivity index (χ3v) is 4.11. The van der Waals surface area contributed by atoms with Crippen LogP contribution in [0.5, 0.6) is 0 Å². The van der Waals surface area contributed by atoms with Gasteiger partial charge in [-0.25, -0.2) is 0 Å². The van der Waals surface area contributed by atoms with E-state index in [1.165, 1.54) is 64.5 Å². The van der Waals surface area contributed by atoms with Crippen LogP contribution in [0.25, 0.3) is 0 Å². The zero-order valence-electron chi connectivity index (χ0n) is 10.2. The van der Waals surface area contributed by atoms with E-state index in [1.807, 2.05) is 0 Å². The van der Waals surface area contributed by atoms with Crippen molar-refractivity contribution in [1.29, 1.82) is 0 Å². The highest BCUT2D eigenvalue weighted by atomic mass is 15.1. The van der Waals surface area contributed by atoms with Gasteiger partial charge in [0.2, 0.25) is 0 Å². The van der Waals surface area contributed by atoms with Crippen molar-refractivity contribution >= 4 is 0 Å². The van der Waals surface area contributed by atoms with Crippen LogP contribution in [0.2, 0.25) is 0 Å². The second kappa shape index (κ2) is 4.84. The molecule has 0 unspecified atom stereocenters. The largest absolute Gasteiger partial charge is 0.325 e. The van der Waals surface area contributed by atoms with Crippen LogP contribution in [-0.4, -0.2) is 30.6 Å². The summed E-state index contributed by atoms with van der Waals surface area (Å²) in [5.74, 6) is 1.01. The number of hydrogen-bond acceptors (Lipinski definition) is 2. The summed E-state index contributed by atoms with van der Waals surface area (Å²) in [6.45, 7) is 2.50. The van der Waals surface area contributed by atoms with Gasteiger partial charge >= 0.3 is 0 Å². The molecule has 2 fully saturated rings. The van der Waals surface area contributed by atoms with Crippen molar-refractivity contribution in [2.45, 2.75) is 56.9 Å². The van der Waals surface area contributed by atoms with Crippen LogP contribution in [0.4, 0.5) is 0 Å². The Morgan fingerprint density at radius 3 is 2.47 bits per heavy atom. The Morgan fingerprint density at radius 2 is 1.87 bits per heavy atom. The third-order valence-electron chi connectivity index (χ3n) is 4.11. The second-order valence-electron chi connectivity index (χ2n) is 5.88. The maximum Gasteiger partial charge on any atom is 0.0166 e. The van der Waals surface area contributed by atoms with Gasteiger partial charge in [-0.2, -0.15) is 0 Å². The van der Waals surface area contributed by atoms with Crippen molar-refractivity contribution in [2.75, 3.05) is 20.1 Å². The van der Waals surface area contributed by atoms with Crippen molar-refractivity contribution in [2.24, 2.45) is 11.7 Å². The Bertz CT molecular complexity index is 193. The lowest BCUT2D eigenvalue weighted by Crippen LogP contribution is -2.44. The van der Waals surface area contributed by atoms with E-state index in [4.69, 9.17) is 5.73 Å². The van der Waals surface area contributed by atoms with E-state index in [2.05, 4.69) is 11.9 Å². The van der Waals surface area contributed by atoms with Gasteiger partial charge in [-0.3, -0.25) is 0 Å². The van der Waals surface area contributed by atoms with E-state index < -0.39 is 0 Å². The number of nitrogens with zero attached hydrogens (tertiary/aromatic N) is 1. The van der Waals surface area contributed by atoms with E-state index >= 15 is 0 Å². The first-order chi connectivity index (χ1) is 7.18. The molecule has 2 nitrogen and oxygen atoms in total. The molecule has 0 amide bonds. The molecule has 2 saturated carbocycles. The van der Waals surface area contributed by atoms with Crippen molar-refractivity contribution < 1.29 is 0 Å². The Labute approximate surface area is 94.2 Å². The molecule has 0 aromatic rings. The minimum Gasteiger partial charge on any atom is -0.325 e. The van der Waals surface area contributed by atoms with Crippen LogP contribution in [0.15, 0.2) is 0 Å². The molecule has 2 rings (SSSR count). The van der Waals surface area contributed by atoms with Crippen LogP contribution >= 0.6 is 0 Å². The van der Waals surface area contributed by atoms with E-state index in [0.29, 0.717) is 0 Å². The minimum atomic E-state index is 0.177. The molecule has 0 heterocycles. The van der Waals surface area contributed by atoms with Gasteiger partial charge in [0.1, 0.15) is 0 Å². The molecule has 2 aliphatic carbocycles. The van der Waals surface area contributed by atoms with Crippen LogP contribution in [0.1, 0.15) is 51.4 Å². The van der Waals surface area contributed by atoms with Crippen LogP contribution in [0.3, 0.4) is 0 Å². The molecule has 88 valence electrons. The summed E-state index contributed by atoms with van der Waals surface area (Å²) >= 11 is 0. The minimum absolute atomic E-state index is 0.177. The quantitative estimate of drug-likeness (QED) is 0.755. The molecule has 2 heteroatoms. The molecule has 0 bridgehead atoms. The molecule has 0 aromatic carbocycles. The maximum absolute atomic E-state index is 6.43. The Morgan fingerprint density at radius 1 is 1.20 bits per heavy atom. The summed E-state index contributed by atoms with van der Waals surface area (Å²) in [4.78, 5) is 2.49. The Kier molecular flexibility index (Phi) is 3.68. The average molecular weight is 210 g/mol. The molecule has 0 atom stereocenters. The maximum atomic E-state index is 6.43. The van der Waals surface area contributed by atoms with E-state index in [1.54, 1.807) is 0 Å². The van der Waals surface area contributed by atoms with Crippen molar-refractivity contribution in [1.82, 2.24) is 4.90 Å². The standard InChI is InChI=1S/C13H26N2/c1-15(11-12-5-6-12)10-9-13(14)7-3-2-4-8-13/h12H,2-11,14H2,1H3. The highest BCUT2D eigenvalue weighted by molar-refractivity contribution is 4.88. The first kappa shape index (κ1) is 11.4. The monoisotopic (exact) mass is 210 g/mol. The molecular weight excluding hydrogens is 184 g/mol. The molecule has 0 aliphatic heterocycles. The predicted molar refractivity (Wildman–Crippen MR) is 64.8 cm³/mol. The third kappa shape index (κ3) is 3.76. The predicted octanol–water partition coefficient (Wildman–Crippen LogP) is 2.38. The molecule has 0 saturated heterocycles. The second-order valence-corrected chi connectivity index (χ2v) is 5.88. The van der Waals surface area contributed by atoms with Crippen molar-refractivity contribution in [3.8, 4) is 0 Å². The van der Waals surface area contributed by atoms with Gasteiger partial charge in [-0.05, 0) is 51.6 Å². The summed E-state index contributed by atoms with van der Waals surface area (Å²) in [6, 6.07) is 0. The Hall–Kier alpha value is -0.0800. The lowest BCUT2D eigenvalue weighted by molar-refractivity contribution is 0.226. The summed E-state index contributed by atoms with van der Waals surface area (Å²) in [7, 11) is 2.25. The molecule has 0 aromatic heterocycles. The zero-order chi connectivity index (χ0) is 10.7. The van der Waals surface area contributed by atoms with Crippen molar-refractivity contribution in [3.05, 3.63) is 0 Å². The van der Waals surface area contributed by atoms with Crippen LogP contribution in [0, 0.1) is 5.92 Å². The number of hydrogen-bond donors (Lipinski definition) is 1. The average Bonchev–Trinajstić information content (AvgIpc) is 3.00. The smallest absolute Gasteiger partial charge is 0.0166 e. The van der Waals surface area contributed by atoms with Gasteiger partial charge in [0.25, 0.3) is 0 Å². The van der Waals surface area contributed by atoms with Gasteiger partial charge in [-0.1, -0.05) is 19.3 Å². The highest BCUT2D eigenvalue weighted by Gasteiger charge is 2.28. The van der Waals surface area contributed by atoms with Gasteiger partial charge in [0, 0.05) is 12.1 Å². The van der Waals surface area contributed by atoms with Crippen molar-refractivity contribution in [3.63, 3.8) is 0 Å². The first-order valence-corrected chi connectivity index (χ1v) is 6.65. The SMILES string of the molecule is CN(CCC1(N)CCCCC1)CC1CC1. The molecule has 0 radical (unpaired) electrons. The van der Waals surface area contributed by atoms with E-state index in [0.717, 1.165) is 5.92 Å². The first-order valence-electron chi connectivity index (χ1n) is 6.65. The normalized spacial score (nSPS) is 25.8. The summed E-state index contributed by atoms with van der Waals surface area (Å²) < 4.78 is 0.